The number of aromatic nitrogens is 2. The molecule has 114 valence electrons. The van der Waals surface area contributed by atoms with Crippen LogP contribution < -0.4 is 5.56 Å². The summed E-state index contributed by atoms with van der Waals surface area (Å²) in [4.78, 5) is 27.7. The Hall–Kier alpha value is -1.78. The highest BCUT2D eigenvalue weighted by Gasteiger charge is 2.28. The van der Waals surface area contributed by atoms with E-state index in [0.29, 0.717) is 4.88 Å². The van der Waals surface area contributed by atoms with E-state index in [1.807, 2.05) is 0 Å². The number of thiophene rings is 1. The molecular weight excluding hydrogens is 318 g/mol. The van der Waals surface area contributed by atoms with Crippen molar-refractivity contribution in [3.05, 3.63) is 21.6 Å². The molecule has 0 saturated carbocycles. The highest BCUT2D eigenvalue weighted by Crippen LogP contribution is 2.31. The van der Waals surface area contributed by atoms with E-state index in [2.05, 4.69) is 4.98 Å². The van der Waals surface area contributed by atoms with Crippen LogP contribution in [0.15, 0.2) is 16.0 Å². The van der Waals surface area contributed by atoms with Crippen molar-refractivity contribution in [3.63, 3.8) is 0 Å². The van der Waals surface area contributed by atoms with E-state index in [1.54, 1.807) is 6.92 Å². The topological polar surface area (TPSA) is 110 Å². The lowest BCUT2D eigenvalue weighted by Crippen LogP contribution is -2.27. The van der Waals surface area contributed by atoms with Crippen molar-refractivity contribution in [1.29, 1.82) is 0 Å². The Bertz CT molecular complexity index is 879. The van der Waals surface area contributed by atoms with Crippen LogP contribution in [0.3, 0.4) is 0 Å². The molecule has 0 bridgehead atoms. The predicted molar refractivity (Wildman–Crippen MR) is 77.1 cm³/mol. The van der Waals surface area contributed by atoms with Gasteiger partial charge in [0, 0.05) is 19.0 Å². The second-order valence-electron chi connectivity index (χ2n) is 4.53. The summed E-state index contributed by atoms with van der Waals surface area (Å²) < 4.78 is 26.6. The number of carboxylic acid groups (broad SMARTS) is 1. The van der Waals surface area contributed by atoms with Gasteiger partial charge in [-0.15, -0.1) is 11.3 Å². The van der Waals surface area contributed by atoms with Crippen molar-refractivity contribution >= 4 is 37.5 Å². The van der Waals surface area contributed by atoms with Crippen LogP contribution in [0.25, 0.3) is 10.2 Å². The molecule has 0 amide bonds. The van der Waals surface area contributed by atoms with Crippen LogP contribution in [-0.4, -0.2) is 47.4 Å². The molecule has 0 aromatic carbocycles. The minimum absolute atomic E-state index is 0.0602. The van der Waals surface area contributed by atoms with E-state index in [-0.39, 0.29) is 15.1 Å². The van der Waals surface area contributed by atoms with Gasteiger partial charge in [-0.2, -0.15) is 0 Å². The fraction of sp³-hybridized carbons (Fsp3) is 0.364. The van der Waals surface area contributed by atoms with E-state index in [4.69, 9.17) is 5.11 Å². The van der Waals surface area contributed by atoms with Gasteiger partial charge in [-0.25, -0.2) is 17.7 Å². The Balaban J connectivity index is 2.87. The molecule has 2 heterocycles. The van der Waals surface area contributed by atoms with Crippen molar-refractivity contribution in [2.75, 3.05) is 14.1 Å². The van der Waals surface area contributed by atoms with E-state index in [9.17, 15) is 18.0 Å². The molecule has 0 fully saturated rings. The van der Waals surface area contributed by atoms with Gasteiger partial charge in [0.05, 0.1) is 11.7 Å². The molecule has 21 heavy (non-hydrogen) atoms. The van der Waals surface area contributed by atoms with E-state index in [0.717, 1.165) is 26.5 Å². The summed E-state index contributed by atoms with van der Waals surface area (Å²) in [5, 5.41) is 8.71. The lowest BCUT2D eigenvalue weighted by molar-refractivity contribution is -0.137. The number of aryl methyl sites for hydroxylation is 1. The SMILES string of the molecule is Cc1sc2ncn(CC(=O)O)c(=O)c2c1S(=O)(=O)N(C)C. The fourth-order valence-corrected chi connectivity index (χ4v) is 4.42. The predicted octanol–water partition coefficient (Wildman–Crippen LogP) is 0.101. The quantitative estimate of drug-likeness (QED) is 0.851. The van der Waals surface area contributed by atoms with Gasteiger partial charge in [0.15, 0.2) is 0 Å². The largest absolute Gasteiger partial charge is 0.480 e. The first kappa shape index (κ1) is 15.6. The molecule has 1 N–H and O–H groups in total. The zero-order chi connectivity index (χ0) is 15.9. The van der Waals surface area contributed by atoms with Crippen LogP contribution in [0.4, 0.5) is 0 Å². The molecule has 0 atom stereocenters. The highest BCUT2D eigenvalue weighted by atomic mass is 32.2. The first-order valence-corrected chi connectivity index (χ1v) is 8.04. The van der Waals surface area contributed by atoms with Gasteiger partial charge in [0.25, 0.3) is 5.56 Å². The molecule has 0 radical (unpaired) electrons. The Morgan fingerprint density at radius 2 is 2.10 bits per heavy atom. The summed E-state index contributed by atoms with van der Waals surface area (Å²) in [6.07, 6.45) is 1.11. The number of sulfonamides is 1. The van der Waals surface area contributed by atoms with Gasteiger partial charge >= 0.3 is 5.97 Å². The maximum Gasteiger partial charge on any atom is 0.323 e. The minimum Gasteiger partial charge on any atom is -0.480 e. The first-order chi connectivity index (χ1) is 9.66. The standard InChI is InChI=1S/C11H13N3O5S2/c1-6-9(21(18,19)13(2)3)8-10(20-6)12-5-14(11(8)17)4-7(15)16/h5H,4H2,1-3H3,(H,15,16). The second-order valence-corrected chi connectivity index (χ2v) is 7.82. The van der Waals surface area contributed by atoms with Crippen LogP contribution >= 0.6 is 11.3 Å². The molecule has 8 nitrogen and oxygen atoms in total. The average molecular weight is 331 g/mol. The summed E-state index contributed by atoms with van der Waals surface area (Å²) in [5.74, 6) is -1.21. The summed E-state index contributed by atoms with van der Waals surface area (Å²) in [6, 6.07) is 0. The van der Waals surface area contributed by atoms with Crippen molar-refractivity contribution in [3.8, 4) is 0 Å². The zero-order valence-corrected chi connectivity index (χ0v) is 13.2. The molecule has 0 aliphatic heterocycles. The molecule has 2 aromatic heterocycles. The van der Waals surface area contributed by atoms with Gasteiger partial charge in [-0.1, -0.05) is 0 Å². The van der Waals surface area contributed by atoms with Gasteiger partial charge in [-0.3, -0.25) is 14.2 Å². The Kier molecular flexibility index (Phi) is 3.87. The maximum atomic E-state index is 12.4. The van der Waals surface area contributed by atoms with E-state index >= 15 is 0 Å². The van der Waals surface area contributed by atoms with Crippen LogP contribution in [0.5, 0.6) is 0 Å². The number of hydrogen-bond acceptors (Lipinski definition) is 6. The van der Waals surface area contributed by atoms with Gasteiger partial charge < -0.3 is 5.11 Å². The smallest absolute Gasteiger partial charge is 0.323 e. The number of carboxylic acids is 1. The lowest BCUT2D eigenvalue weighted by atomic mass is 10.3. The first-order valence-electron chi connectivity index (χ1n) is 5.79. The number of nitrogens with zero attached hydrogens (tertiary/aromatic N) is 3. The molecule has 10 heteroatoms. The molecule has 0 unspecified atom stereocenters. The van der Waals surface area contributed by atoms with Crippen molar-refractivity contribution in [1.82, 2.24) is 13.9 Å². The minimum atomic E-state index is -3.82. The van der Waals surface area contributed by atoms with Gasteiger partial charge in [0.1, 0.15) is 16.3 Å². The third kappa shape index (κ3) is 2.57. The average Bonchev–Trinajstić information content (AvgIpc) is 2.70. The number of rotatable bonds is 4. The van der Waals surface area contributed by atoms with E-state index < -0.39 is 28.1 Å². The van der Waals surface area contributed by atoms with Crippen LogP contribution in [0.1, 0.15) is 4.88 Å². The molecule has 0 saturated heterocycles. The molecule has 0 spiro atoms. The summed E-state index contributed by atoms with van der Waals surface area (Å²) in [7, 11) is -1.08. The van der Waals surface area contributed by atoms with Crippen molar-refractivity contribution in [2.24, 2.45) is 0 Å². The van der Waals surface area contributed by atoms with Gasteiger partial charge in [0.2, 0.25) is 10.0 Å². The molecule has 0 aliphatic rings. The molecular formula is C11H13N3O5S2. The maximum absolute atomic E-state index is 12.4. The third-order valence-electron chi connectivity index (χ3n) is 2.84. The molecule has 2 aromatic rings. The Morgan fingerprint density at radius 3 is 2.62 bits per heavy atom. The zero-order valence-electron chi connectivity index (χ0n) is 11.5. The Morgan fingerprint density at radius 1 is 1.48 bits per heavy atom. The van der Waals surface area contributed by atoms with Crippen LogP contribution in [0, 0.1) is 6.92 Å². The van der Waals surface area contributed by atoms with Crippen molar-refractivity contribution < 1.29 is 18.3 Å². The number of fused-ring (bicyclic) bond motifs is 1. The molecule has 2 rings (SSSR count). The van der Waals surface area contributed by atoms with Crippen molar-refractivity contribution in [2.45, 2.75) is 18.4 Å². The fourth-order valence-electron chi connectivity index (χ4n) is 1.86. The summed E-state index contributed by atoms with van der Waals surface area (Å²) in [5.41, 5.74) is -0.674. The van der Waals surface area contributed by atoms with Crippen LogP contribution in [0.2, 0.25) is 0 Å². The monoisotopic (exact) mass is 331 g/mol. The normalized spacial score (nSPS) is 12.2. The van der Waals surface area contributed by atoms with Gasteiger partial charge in [-0.05, 0) is 6.92 Å². The number of hydrogen-bond donors (Lipinski definition) is 1. The van der Waals surface area contributed by atoms with Crippen LogP contribution in [-0.2, 0) is 21.4 Å². The van der Waals surface area contributed by atoms with E-state index in [1.165, 1.54) is 14.1 Å². The molecule has 0 aliphatic carbocycles. The second kappa shape index (κ2) is 5.20. The third-order valence-corrected chi connectivity index (χ3v) is 5.97. The number of carbonyl (C=O) groups is 1. The Labute approximate surface area is 124 Å². The summed E-state index contributed by atoms with van der Waals surface area (Å²) in [6.45, 7) is 1.02. The number of aliphatic carboxylic acids is 1. The summed E-state index contributed by atoms with van der Waals surface area (Å²) >= 11 is 1.09. The highest BCUT2D eigenvalue weighted by molar-refractivity contribution is 7.89. The lowest BCUT2D eigenvalue weighted by Gasteiger charge is -2.11.